The van der Waals surface area contributed by atoms with E-state index in [9.17, 15) is 8.78 Å². The number of nitrogens with one attached hydrogen (secondary N) is 1. The van der Waals surface area contributed by atoms with Crippen molar-refractivity contribution >= 4 is 0 Å². The van der Waals surface area contributed by atoms with Gasteiger partial charge in [0, 0.05) is 12.1 Å². The summed E-state index contributed by atoms with van der Waals surface area (Å²) in [5.41, 5.74) is 3.17. The number of nitrogens with two attached hydrogens (primary N) is 1. The average Bonchev–Trinajstić information content (AvgIpc) is 2.27. The van der Waals surface area contributed by atoms with Gasteiger partial charge in [0.15, 0.2) is 0 Å². The maximum absolute atomic E-state index is 13.4. The van der Waals surface area contributed by atoms with Crippen LogP contribution in [0.5, 0.6) is 0 Å². The second kappa shape index (κ2) is 5.92. The molecule has 0 heterocycles. The largest absolute Gasteiger partial charge is 0.271 e. The van der Waals surface area contributed by atoms with Gasteiger partial charge in [0.25, 0.3) is 0 Å². The molecule has 1 rings (SSSR count). The summed E-state index contributed by atoms with van der Waals surface area (Å²) in [7, 11) is 0. The number of benzene rings is 1. The van der Waals surface area contributed by atoms with Crippen LogP contribution in [0.3, 0.4) is 0 Å². The van der Waals surface area contributed by atoms with Crippen molar-refractivity contribution in [2.24, 2.45) is 11.8 Å². The molecule has 16 heavy (non-hydrogen) atoms. The van der Waals surface area contributed by atoms with Crippen molar-refractivity contribution in [3.63, 3.8) is 0 Å². The summed E-state index contributed by atoms with van der Waals surface area (Å²) in [6.45, 7) is 4.10. The predicted molar refractivity (Wildman–Crippen MR) is 60.6 cm³/mol. The standard InChI is InChI=1S/C12H18F2N2/c1-3-8(2)12(16-15)6-9-4-5-10(13)7-11(9)14/h4-5,7-8,12,16H,3,6,15H2,1-2H3. The van der Waals surface area contributed by atoms with E-state index in [0.717, 1.165) is 12.5 Å². The zero-order valence-corrected chi connectivity index (χ0v) is 9.63. The average molecular weight is 228 g/mol. The maximum atomic E-state index is 13.4. The number of hydrogen-bond donors (Lipinski definition) is 2. The number of halogens is 2. The summed E-state index contributed by atoms with van der Waals surface area (Å²) in [5, 5.41) is 0. The Morgan fingerprint density at radius 1 is 1.38 bits per heavy atom. The van der Waals surface area contributed by atoms with E-state index in [4.69, 9.17) is 5.84 Å². The first kappa shape index (κ1) is 13.1. The summed E-state index contributed by atoms with van der Waals surface area (Å²) in [6.07, 6.45) is 1.43. The smallest absolute Gasteiger partial charge is 0.129 e. The molecular formula is C12H18F2N2. The molecule has 0 aliphatic rings. The summed E-state index contributed by atoms with van der Waals surface area (Å²) in [5.74, 6) is 4.71. The van der Waals surface area contributed by atoms with Gasteiger partial charge in [-0.15, -0.1) is 0 Å². The van der Waals surface area contributed by atoms with Crippen molar-refractivity contribution in [2.45, 2.75) is 32.7 Å². The quantitative estimate of drug-likeness (QED) is 0.600. The van der Waals surface area contributed by atoms with Crippen molar-refractivity contribution in [2.75, 3.05) is 0 Å². The van der Waals surface area contributed by atoms with Crippen LogP contribution in [0.4, 0.5) is 8.78 Å². The van der Waals surface area contributed by atoms with Gasteiger partial charge in [-0.3, -0.25) is 11.3 Å². The summed E-state index contributed by atoms with van der Waals surface area (Å²) < 4.78 is 26.1. The Morgan fingerprint density at radius 2 is 2.06 bits per heavy atom. The molecule has 0 saturated carbocycles. The Morgan fingerprint density at radius 3 is 2.56 bits per heavy atom. The van der Waals surface area contributed by atoms with E-state index < -0.39 is 11.6 Å². The van der Waals surface area contributed by atoms with Crippen molar-refractivity contribution in [1.82, 2.24) is 5.43 Å². The zero-order valence-electron chi connectivity index (χ0n) is 9.63. The van der Waals surface area contributed by atoms with Gasteiger partial charge >= 0.3 is 0 Å². The topological polar surface area (TPSA) is 38.0 Å². The minimum Gasteiger partial charge on any atom is -0.271 e. The monoisotopic (exact) mass is 228 g/mol. The van der Waals surface area contributed by atoms with E-state index in [2.05, 4.69) is 12.3 Å². The van der Waals surface area contributed by atoms with Crippen LogP contribution in [0, 0.1) is 17.6 Å². The Bertz CT molecular complexity index is 342. The van der Waals surface area contributed by atoms with Crippen LogP contribution >= 0.6 is 0 Å². The van der Waals surface area contributed by atoms with E-state index >= 15 is 0 Å². The van der Waals surface area contributed by atoms with E-state index in [0.29, 0.717) is 17.9 Å². The highest BCUT2D eigenvalue weighted by Crippen LogP contribution is 2.16. The molecule has 0 aromatic heterocycles. The molecule has 0 fully saturated rings. The lowest BCUT2D eigenvalue weighted by Gasteiger charge is -2.22. The molecule has 0 spiro atoms. The molecule has 2 atom stereocenters. The van der Waals surface area contributed by atoms with E-state index in [1.54, 1.807) is 0 Å². The fourth-order valence-electron chi connectivity index (χ4n) is 1.63. The van der Waals surface area contributed by atoms with Crippen LogP contribution in [0.25, 0.3) is 0 Å². The Kier molecular flexibility index (Phi) is 4.83. The molecular weight excluding hydrogens is 210 g/mol. The fraction of sp³-hybridized carbons (Fsp3) is 0.500. The van der Waals surface area contributed by atoms with Gasteiger partial charge in [-0.05, 0) is 24.0 Å². The molecule has 0 saturated heterocycles. The second-order valence-electron chi connectivity index (χ2n) is 4.10. The van der Waals surface area contributed by atoms with Crippen LogP contribution in [-0.4, -0.2) is 6.04 Å². The van der Waals surface area contributed by atoms with E-state index in [1.807, 2.05) is 6.92 Å². The second-order valence-corrected chi connectivity index (χ2v) is 4.10. The molecule has 0 radical (unpaired) electrons. The molecule has 0 bridgehead atoms. The first-order chi connectivity index (χ1) is 7.58. The fourth-order valence-corrected chi connectivity index (χ4v) is 1.63. The van der Waals surface area contributed by atoms with Gasteiger partial charge in [0.2, 0.25) is 0 Å². The normalized spacial score (nSPS) is 14.8. The van der Waals surface area contributed by atoms with Crippen LogP contribution in [0.1, 0.15) is 25.8 Å². The minimum absolute atomic E-state index is 0.00459. The zero-order chi connectivity index (χ0) is 12.1. The molecule has 3 N–H and O–H groups in total. The predicted octanol–water partition coefficient (Wildman–Crippen LogP) is 2.39. The molecule has 1 aromatic rings. The van der Waals surface area contributed by atoms with Gasteiger partial charge in [-0.1, -0.05) is 26.3 Å². The van der Waals surface area contributed by atoms with Gasteiger partial charge in [0.05, 0.1) is 0 Å². The lowest BCUT2D eigenvalue weighted by Crippen LogP contribution is -2.41. The molecule has 2 nitrogen and oxygen atoms in total. The van der Waals surface area contributed by atoms with Crippen molar-refractivity contribution in [3.05, 3.63) is 35.4 Å². The molecule has 90 valence electrons. The molecule has 0 aliphatic heterocycles. The third-order valence-corrected chi connectivity index (χ3v) is 3.00. The van der Waals surface area contributed by atoms with E-state index in [1.165, 1.54) is 12.1 Å². The maximum Gasteiger partial charge on any atom is 0.129 e. The van der Waals surface area contributed by atoms with Gasteiger partial charge < -0.3 is 0 Å². The first-order valence-electron chi connectivity index (χ1n) is 5.48. The van der Waals surface area contributed by atoms with Crippen molar-refractivity contribution in [1.29, 1.82) is 0 Å². The highest BCUT2D eigenvalue weighted by molar-refractivity contribution is 5.19. The molecule has 2 unspecified atom stereocenters. The highest BCUT2D eigenvalue weighted by atomic mass is 19.1. The van der Waals surface area contributed by atoms with Gasteiger partial charge in [0.1, 0.15) is 11.6 Å². The lowest BCUT2D eigenvalue weighted by molar-refractivity contribution is 0.366. The number of rotatable bonds is 5. The SMILES string of the molecule is CCC(C)C(Cc1ccc(F)cc1F)NN. The molecule has 4 heteroatoms. The first-order valence-corrected chi connectivity index (χ1v) is 5.48. The highest BCUT2D eigenvalue weighted by Gasteiger charge is 2.16. The van der Waals surface area contributed by atoms with E-state index in [-0.39, 0.29) is 6.04 Å². The van der Waals surface area contributed by atoms with Crippen LogP contribution < -0.4 is 11.3 Å². The third-order valence-electron chi connectivity index (χ3n) is 3.00. The summed E-state index contributed by atoms with van der Waals surface area (Å²) in [6, 6.07) is 3.64. The minimum atomic E-state index is -0.554. The summed E-state index contributed by atoms with van der Waals surface area (Å²) >= 11 is 0. The Balaban J connectivity index is 2.78. The van der Waals surface area contributed by atoms with Gasteiger partial charge in [-0.2, -0.15) is 0 Å². The van der Waals surface area contributed by atoms with Crippen molar-refractivity contribution in [3.8, 4) is 0 Å². The number of hydrogen-bond acceptors (Lipinski definition) is 2. The van der Waals surface area contributed by atoms with Gasteiger partial charge in [-0.25, -0.2) is 8.78 Å². The lowest BCUT2D eigenvalue weighted by atomic mass is 9.93. The Labute approximate surface area is 94.8 Å². The molecule has 1 aromatic carbocycles. The Hall–Kier alpha value is -1.00. The third kappa shape index (κ3) is 3.25. The number of hydrazine groups is 1. The van der Waals surface area contributed by atoms with Crippen LogP contribution in [0.15, 0.2) is 18.2 Å². The van der Waals surface area contributed by atoms with Crippen LogP contribution in [0.2, 0.25) is 0 Å². The summed E-state index contributed by atoms with van der Waals surface area (Å²) in [4.78, 5) is 0. The molecule has 0 amide bonds. The molecule has 0 aliphatic carbocycles. The van der Waals surface area contributed by atoms with Crippen LogP contribution in [-0.2, 0) is 6.42 Å². The van der Waals surface area contributed by atoms with Crippen molar-refractivity contribution < 1.29 is 8.78 Å².